The highest BCUT2D eigenvalue weighted by atomic mass is 32.2. The molecule has 1 saturated heterocycles. The van der Waals surface area contributed by atoms with Gasteiger partial charge in [0.2, 0.25) is 9.84 Å². The molecule has 1 fully saturated rings. The van der Waals surface area contributed by atoms with Crippen LogP contribution in [0.1, 0.15) is 6.42 Å². The monoisotopic (exact) mass is 443 g/mol. The summed E-state index contributed by atoms with van der Waals surface area (Å²) in [4.78, 5) is 24.3. The zero-order chi connectivity index (χ0) is 22.2. The Morgan fingerprint density at radius 1 is 1.16 bits per heavy atom. The number of rotatable bonds is 4. The van der Waals surface area contributed by atoms with Crippen LogP contribution in [0.25, 0.3) is 22.5 Å². The Morgan fingerprint density at radius 3 is 2.55 bits per heavy atom. The Labute approximate surface area is 177 Å². The summed E-state index contributed by atoms with van der Waals surface area (Å²) in [5, 5.41) is 8.00. The number of pyridine rings is 1. The van der Waals surface area contributed by atoms with Crippen molar-refractivity contribution in [3.63, 3.8) is 0 Å². The number of carbonyl (C=O) groups is 1. The van der Waals surface area contributed by atoms with Gasteiger partial charge in [0.1, 0.15) is 5.82 Å². The molecule has 2 aromatic heterocycles. The van der Waals surface area contributed by atoms with Crippen LogP contribution in [0.4, 0.5) is 14.9 Å². The van der Waals surface area contributed by atoms with Crippen LogP contribution in [0.15, 0.2) is 53.9 Å². The number of nitrogen functional groups attached to an aromatic ring is 1. The lowest BCUT2D eigenvalue weighted by molar-refractivity contribution is 0.156. The highest BCUT2D eigenvalue weighted by Gasteiger charge is 2.38. The topological polar surface area (TPSA) is 139 Å². The Hall–Kier alpha value is -3.60. The number of halogens is 1. The van der Waals surface area contributed by atoms with E-state index in [2.05, 4.69) is 15.0 Å². The van der Waals surface area contributed by atoms with Gasteiger partial charge in [0, 0.05) is 24.8 Å². The molecule has 11 heteroatoms. The predicted octanol–water partition coefficient (Wildman–Crippen LogP) is 2.45. The van der Waals surface area contributed by atoms with Crippen LogP contribution in [0.5, 0.6) is 0 Å². The minimum absolute atomic E-state index is 0.130. The fourth-order valence-corrected chi connectivity index (χ4v) is 5.30. The maximum absolute atomic E-state index is 14.8. The van der Waals surface area contributed by atoms with Gasteiger partial charge in [-0.3, -0.25) is 0 Å². The van der Waals surface area contributed by atoms with Gasteiger partial charge in [0.05, 0.1) is 28.9 Å². The Kier molecular flexibility index (Phi) is 5.27. The lowest BCUT2D eigenvalue weighted by atomic mass is 10.0. The molecule has 3 aromatic rings. The smallest absolute Gasteiger partial charge is 0.407 e. The van der Waals surface area contributed by atoms with Gasteiger partial charge in [-0.25, -0.2) is 32.6 Å². The first kappa shape index (κ1) is 20.7. The molecule has 3 heterocycles. The quantitative estimate of drug-likeness (QED) is 0.627. The number of amides is 1. The van der Waals surface area contributed by atoms with E-state index >= 15 is 0 Å². The highest BCUT2D eigenvalue weighted by Crippen LogP contribution is 2.33. The molecule has 31 heavy (non-hydrogen) atoms. The zero-order valence-corrected chi connectivity index (χ0v) is 17.0. The van der Waals surface area contributed by atoms with Gasteiger partial charge in [-0.15, -0.1) is 0 Å². The first-order valence-corrected chi connectivity index (χ1v) is 10.9. The second-order valence-electron chi connectivity index (χ2n) is 7.08. The van der Waals surface area contributed by atoms with Crippen LogP contribution in [-0.4, -0.2) is 57.8 Å². The van der Waals surface area contributed by atoms with E-state index < -0.39 is 27.0 Å². The molecular weight excluding hydrogens is 425 g/mol. The largest absolute Gasteiger partial charge is 0.465 e. The van der Waals surface area contributed by atoms with Crippen LogP contribution in [0.2, 0.25) is 0 Å². The van der Waals surface area contributed by atoms with Crippen molar-refractivity contribution in [2.24, 2.45) is 0 Å². The third-order valence-corrected chi connectivity index (χ3v) is 7.21. The zero-order valence-electron chi connectivity index (χ0n) is 16.1. The van der Waals surface area contributed by atoms with Crippen LogP contribution in [0, 0.1) is 5.82 Å². The molecule has 1 atom stereocenters. The Bertz CT molecular complexity index is 1250. The highest BCUT2D eigenvalue weighted by molar-refractivity contribution is 7.92. The molecule has 0 aliphatic carbocycles. The molecule has 0 spiro atoms. The SMILES string of the molecule is Nc1cnc(-c2ccc(-c3cccnc3S(=O)(=O)C3CCN(C(=O)O)C3)cc2F)nc1. The summed E-state index contributed by atoms with van der Waals surface area (Å²) in [6.45, 7) is 0.00175. The predicted molar refractivity (Wildman–Crippen MR) is 110 cm³/mol. The second-order valence-corrected chi connectivity index (χ2v) is 9.22. The van der Waals surface area contributed by atoms with E-state index in [1.807, 2.05) is 0 Å². The molecule has 3 N–H and O–H groups in total. The third kappa shape index (κ3) is 3.91. The average Bonchev–Trinajstić information content (AvgIpc) is 3.26. The van der Waals surface area contributed by atoms with Crippen molar-refractivity contribution in [3.8, 4) is 22.5 Å². The number of nitrogens with zero attached hydrogens (tertiary/aromatic N) is 4. The maximum Gasteiger partial charge on any atom is 0.407 e. The number of hydrogen-bond acceptors (Lipinski definition) is 7. The van der Waals surface area contributed by atoms with E-state index in [4.69, 9.17) is 10.8 Å². The number of likely N-dealkylation sites (tertiary alicyclic amines) is 1. The van der Waals surface area contributed by atoms with E-state index in [0.717, 1.165) is 4.90 Å². The summed E-state index contributed by atoms with van der Waals surface area (Å²) >= 11 is 0. The number of nitrogens with two attached hydrogens (primary N) is 1. The molecule has 9 nitrogen and oxygen atoms in total. The van der Waals surface area contributed by atoms with Gasteiger partial charge in [-0.2, -0.15) is 0 Å². The maximum atomic E-state index is 14.8. The molecule has 4 rings (SSSR count). The first-order valence-electron chi connectivity index (χ1n) is 9.32. The lowest BCUT2D eigenvalue weighted by Gasteiger charge is -2.15. The van der Waals surface area contributed by atoms with Crippen molar-refractivity contribution in [1.82, 2.24) is 19.9 Å². The minimum atomic E-state index is -3.94. The summed E-state index contributed by atoms with van der Waals surface area (Å²) in [6, 6.07) is 7.32. The third-order valence-electron chi connectivity index (χ3n) is 5.09. The van der Waals surface area contributed by atoms with Gasteiger partial charge in [0.25, 0.3) is 0 Å². The summed E-state index contributed by atoms with van der Waals surface area (Å²) in [5.74, 6) is -0.482. The number of anilines is 1. The van der Waals surface area contributed by atoms with E-state index in [-0.39, 0.29) is 41.5 Å². The first-order chi connectivity index (χ1) is 14.8. The fraction of sp³-hybridized carbons (Fsp3) is 0.200. The van der Waals surface area contributed by atoms with Gasteiger partial charge >= 0.3 is 6.09 Å². The van der Waals surface area contributed by atoms with Crippen LogP contribution < -0.4 is 5.73 Å². The summed E-state index contributed by atoms with van der Waals surface area (Å²) in [7, 11) is -3.94. The van der Waals surface area contributed by atoms with E-state index in [0.29, 0.717) is 11.3 Å². The van der Waals surface area contributed by atoms with Crippen molar-refractivity contribution in [2.45, 2.75) is 16.7 Å². The van der Waals surface area contributed by atoms with Crippen LogP contribution in [0.3, 0.4) is 0 Å². The summed E-state index contributed by atoms with van der Waals surface area (Å²) < 4.78 is 41.2. The number of benzene rings is 1. The van der Waals surface area contributed by atoms with Crippen molar-refractivity contribution in [3.05, 3.63) is 54.7 Å². The number of hydrogen-bond donors (Lipinski definition) is 2. The average molecular weight is 443 g/mol. The summed E-state index contributed by atoms with van der Waals surface area (Å²) in [6.07, 6.45) is 3.08. The molecule has 0 saturated carbocycles. The number of carboxylic acid groups (broad SMARTS) is 1. The van der Waals surface area contributed by atoms with Crippen LogP contribution >= 0.6 is 0 Å². The van der Waals surface area contributed by atoms with Crippen molar-refractivity contribution in [2.75, 3.05) is 18.8 Å². The molecular formula is C20H18FN5O4S. The van der Waals surface area contributed by atoms with Gasteiger partial charge in [-0.1, -0.05) is 6.07 Å². The molecule has 1 amide bonds. The Morgan fingerprint density at radius 2 is 1.90 bits per heavy atom. The molecule has 1 aromatic carbocycles. The Balaban J connectivity index is 1.71. The van der Waals surface area contributed by atoms with Crippen LogP contribution in [-0.2, 0) is 9.84 Å². The molecule has 0 bridgehead atoms. The van der Waals surface area contributed by atoms with Crippen molar-refractivity contribution < 1.29 is 22.7 Å². The molecule has 160 valence electrons. The minimum Gasteiger partial charge on any atom is -0.465 e. The summed E-state index contributed by atoms with van der Waals surface area (Å²) in [5.41, 5.74) is 6.60. The number of aromatic nitrogens is 3. The molecule has 1 aliphatic rings. The van der Waals surface area contributed by atoms with Crippen molar-refractivity contribution >= 4 is 21.6 Å². The van der Waals surface area contributed by atoms with Gasteiger partial charge in [0.15, 0.2) is 10.9 Å². The number of sulfone groups is 1. The standard InChI is InChI=1S/C20H18FN5O4S/c21-17-8-12(3-4-16(17)18-24-9-13(22)10-25-18)15-2-1-6-23-19(15)31(29,30)14-5-7-26(11-14)20(27)28/h1-4,6,8-10,14H,5,7,11,22H2,(H,27,28). The molecule has 1 unspecified atom stereocenters. The normalized spacial score (nSPS) is 16.4. The second kappa shape index (κ2) is 7.91. The van der Waals surface area contributed by atoms with Gasteiger partial charge < -0.3 is 15.7 Å². The fourth-order valence-electron chi connectivity index (χ4n) is 3.49. The van der Waals surface area contributed by atoms with E-state index in [9.17, 15) is 17.6 Å². The van der Waals surface area contributed by atoms with E-state index in [1.54, 1.807) is 12.1 Å². The lowest BCUT2D eigenvalue weighted by Crippen LogP contribution is -2.31. The van der Waals surface area contributed by atoms with E-state index in [1.165, 1.54) is 36.8 Å². The van der Waals surface area contributed by atoms with Gasteiger partial charge in [-0.05, 0) is 36.2 Å². The molecule has 1 aliphatic heterocycles. The van der Waals surface area contributed by atoms with Crippen molar-refractivity contribution in [1.29, 1.82) is 0 Å². The molecule has 0 radical (unpaired) electrons.